The van der Waals surface area contributed by atoms with E-state index in [1.165, 1.54) is 31.6 Å². The smallest absolute Gasteiger partial charge is 0.274 e. The minimum atomic E-state index is -3.81. The van der Waals surface area contributed by atoms with E-state index in [0.29, 0.717) is 5.69 Å². The molecule has 6 nitrogen and oxygen atoms in total. The second kappa shape index (κ2) is 4.26. The number of nitrogens with one attached hydrogen (secondary N) is 1. The van der Waals surface area contributed by atoms with Crippen molar-refractivity contribution in [3.8, 4) is 0 Å². The molecule has 82 valence electrons. The Kier molecular flexibility index (Phi) is 3.25. The fraction of sp³-hybridized carbons (Fsp3) is 0.250. The maximum Gasteiger partial charge on any atom is 0.325 e. The predicted octanol–water partition coefficient (Wildman–Crippen LogP) is -0.101. The molecular formula is C8H11N3O3S. The Morgan fingerprint density at radius 3 is 2.40 bits per heavy atom. The lowest BCUT2D eigenvalue weighted by Gasteiger charge is -2.18. The quantitative estimate of drug-likeness (QED) is 0.784. The van der Waals surface area contributed by atoms with Gasteiger partial charge in [0, 0.05) is 26.4 Å². The molecule has 0 aliphatic carbocycles. The predicted molar refractivity (Wildman–Crippen MR) is 55.4 cm³/mol. The minimum Gasteiger partial charge on any atom is -0.274 e. The Balaban J connectivity index is 2.95. The van der Waals surface area contributed by atoms with Gasteiger partial charge < -0.3 is 0 Å². The van der Waals surface area contributed by atoms with E-state index in [9.17, 15) is 13.2 Å². The van der Waals surface area contributed by atoms with Gasteiger partial charge >= 0.3 is 10.2 Å². The average Bonchev–Trinajstić information content (AvgIpc) is 2.16. The van der Waals surface area contributed by atoms with Crippen molar-refractivity contribution in [1.29, 1.82) is 0 Å². The van der Waals surface area contributed by atoms with Gasteiger partial charge in [-0.2, -0.15) is 8.42 Å². The van der Waals surface area contributed by atoms with Crippen LogP contribution in [0.4, 0.5) is 5.69 Å². The highest BCUT2D eigenvalue weighted by atomic mass is 32.2. The van der Waals surface area contributed by atoms with Crippen molar-refractivity contribution in [2.24, 2.45) is 0 Å². The standard InChI is InChI=1S/C8H11N3O3S/c1-7(12)10-15(13,14)11(2)8-3-5-9-6-4-8/h3-6H,1-2H3,(H,10,12). The third kappa shape index (κ3) is 2.91. The van der Waals surface area contributed by atoms with Crippen LogP contribution in [0.1, 0.15) is 6.92 Å². The second-order valence-electron chi connectivity index (χ2n) is 2.84. The summed E-state index contributed by atoms with van der Waals surface area (Å²) in [7, 11) is -2.46. The summed E-state index contributed by atoms with van der Waals surface area (Å²) >= 11 is 0. The molecule has 1 rings (SSSR count). The molecule has 1 aromatic rings. The van der Waals surface area contributed by atoms with Crippen LogP contribution in [0.2, 0.25) is 0 Å². The number of hydrogen-bond donors (Lipinski definition) is 1. The molecule has 0 aliphatic heterocycles. The molecule has 0 fully saturated rings. The van der Waals surface area contributed by atoms with Crippen LogP contribution in [0.3, 0.4) is 0 Å². The fourth-order valence-electron chi connectivity index (χ4n) is 0.943. The van der Waals surface area contributed by atoms with E-state index in [4.69, 9.17) is 0 Å². The number of carbonyl (C=O) groups excluding carboxylic acids is 1. The van der Waals surface area contributed by atoms with Crippen molar-refractivity contribution in [1.82, 2.24) is 9.71 Å². The highest BCUT2D eigenvalue weighted by Crippen LogP contribution is 2.12. The number of anilines is 1. The lowest BCUT2D eigenvalue weighted by molar-refractivity contribution is -0.117. The van der Waals surface area contributed by atoms with Crippen LogP contribution in [-0.4, -0.2) is 26.4 Å². The largest absolute Gasteiger partial charge is 0.325 e. The van der Waals surface area contributed by atoms with E-state index in [1.54, 1.807) is 0 Å². The van der Waals surface area contributed by atoms with E-state index < -0.39 is 16.1 Å². The Morgan fingerprint density at radius 2 is 1.93 bits per heavy atom. The van der Waals surface area contributed by atoms with Crippen molar-refractivity contribution in [3.63, 3.8) is 0 Å². The topological polar surface area (TPSA) is 79.4 Å². The molecule has 0 aromatic carbocycles. The van der Waals surface area contributed by atoms with E-state index in [-0.39, 0.29) is 0 Å². The summed E-state index contributed by atoms with van der Waals surface area (Å²) in [6, 6.07) is 3.05. The first-order chi connectivity index (χ1) is 6.93. The Bertz CT molecular complexity index is 443. The number of carbonyl (C=O) groups is 1. The molecule has 0 saturated carbocycles. The van der Waals surface area contributed by atoms with E-state index in [2.05, 4.69) is 4.98 Å². The van der Waals surface area contributed by atoms with Gasteiger partial charge in [0.05, 0.1) is 5.69 Å². The molecule has 1 amide bonds. The van der Waals surface area contributed by atoms with E-state index >= 15 is 0 Å². The monoisotopic (exact) mass is 229 g/mol. The van der Waals surface area contributed by atoms with Crippen molar-refractivity contribution in [2.45, 2.75) is 6.92 Å². The highest BCUT2D eigenvalue weighted by molar-refractivity contribution is 7.91. The van der Waals surface area contributed by atoms with Crippen LogP contribution < -0.4 is 9.03 Å². The molecule has 0 aliphatic rings. The number of pyridine rings is 1. The van der Waals surface area contributed by atoms with Gasteiger partial charge in [-0.1, -0.05) is 0 Å². The molecule has 0 unspecified atom stereocenters. The van der Waals surface area contributed by atoms with E-state index in [0.717, 1.165) is 11.2 Å². The van der Waals surface area contributed by atoms with Crippen LogP contribution in [0.5, 0.6) is 0 Å². The summed E-state index contributed by atoms with van der Waals surface area (Å²) in [5.74, 6) is -0.629. The van der Waals surface area contributed by atoms with Gasteiger partial charge in [0.1, 0.15) is 0 Å². The Morgan fingerprint density at radius 1 is 1.40 bits per heavy atom. The van der Waals surface area contributed by atoms with Gasteiger partial charge in [-0.3, -0.25) is 14.1 Å². The number of amides is 1. The zero-order chi connectivity index (χ0) is 11.5. The van der Waals surface area contributed by atoms with Crippen LogP contribution in [0.15, 0.2) is 24.5 Å². The van der Waals surface area contributed by atoms with Crippen molar-refractivity contribution in [2.75, 3.05) is 11.4 Å². The Labute approximate surface area is 88.1 Å². The third-order valence-corrected chi connectivity index (χ3v) is 3.14. The molecule has 15 heavy (non-hydrogen) atoms. The maximum absolute atomic E-state index is 11.5. The van der Waals surface area contributed by atoms with E-state index in [1.807, 2.05) is 4.72 Å². The molecule has 7 heteroatoms. The normalized spacial score (nSPS) is 10.8. The molecule has 1 aromatic heterocycles. The van der Waals surface area contributed by atoms with Gasteiger partial charge in [0.2, 0.25) is 5.91 Å². The number of hydrogen-bond acceptors (Lipinski definition) is 4. The highest BCUT2D eigenvalue weighted by Gasteiger charge is 2.18. The first-order valence-electron chi connectivity index (χ1n) is 4.11. The molecule has 1 heterocycles. The first-order valence-corrected chi connectivity index (χ1v) is 5.55. The summed E-state index contributed by atoms with van der Waals surface area (Å²) < 4.78 is 25.9. The number of aromatic nitrogens is 1. The summed E-state index contributed by atoms with van der Waals surface area (Å²) in [5, 5.41) is 0. The number of rotatable bonds is 3. The molecule has 0 bridgehead atoms. The van der Waals surface area contributed by atoms with Crippen LogP contribution in [0.25, 0.3) is 0 Å². The molecule has 1 N–H and O–H groups in total. The van der Waals surface area contributed by atoms with Gasteiger partial charge in [-0.25, -0.2) is 4.72 Å². The van der Waals surface area contributed by atoms with Gasteiger partial charge in [0.25, 0.3) is 0 Å². The molecule has 0 saturated heterocycles. The van der Waals surface area contributed by atoms with Crippen molar-refractivity contribution in [3.05, 3.63) is 24.5 Å². The lowest BCUT2D eigenvalue weighted by Crippen LogP contribution is -2.40. The second-order valence-corrected chi connectivity index (χ2v) is 4.54. The van der Waals surface area contributed by atoms with Gasteiger partial charge in [0.15, 0.2) is 0 Å². The van der Waals surface area contributed by atoms with Gasteiger partial charge in [-0.15, -0.1) is 0 Å². The molecule has 0 spiro atoms. The van der Waals surface area contributed by atoms with Crippen molar-refractivity contribution >= 4 is 21.8 Å². The summed E-state index contributed by atoms with van der Waals surface area (Å²) in [5.41, 5.74) is 0.429. The summed E-state index contributed by atoms with van der Waals surface area (Å²) in [6.45, 7) is 1.14. The van der Waals surface area contributed by atoms with Crippen LogP contribution in [-0.2, 0) is 15.0 Å². The average molecular weight is 229 g/mol. The first kappa shape index (κ1) is 11.4. The van der Waals surface area contributed by atoms with Crippen LogP contribution in [0, 0.1) is 0 Å². The molecular weight excluding hydrogens is 218 g/mol. The maximum atomic E-state index is 11.5. The molecule has 0 radical (unpaired) electrons. The van der Waals surface area contributed by atoms with Crippen LogP contribution >= 0.6 is 0 Å². The molecule has 0 atom stereocenters. The van der Waals surface area contributed by atoms with Crippen molar-refractivity contribution < 1.29 is 13.2 Å². The SMILES string of the molecule is CC(=O)NS(=O)(=O)N(C)c1ccncc1. The fourth-order valence-corrected chi connectivity index (χ4v) is 1.84. The zero-order valence-corrected chi connectivity index (χ0v) is 9.15. The lowest BCUT2D eigenvalue weighted by atomic mass is 10.4. The summed E-state index contributed by atoms with van der Waals surface area (Å²) in [6.07, 6.45) is 2.93. The minimum absolute atomic E-state index is 0.429. The number of nitrogens with zero attached hydrogens (tertiary/aromatic N) is 2. The third-order valence-electron chi connectivity index (χ3n) is 1.66. The summed E-state index contributed by atoms with van der Waals surface area (Å²) in [4.78, 5) is 14.4. The van der Waals surface area contributed by atoms with Gasteiger partial charge in [-0.05, 0) is 12.1 Å². The Hall–Kier alpha value is -1.63. The zero-order valence-electron chi connectivity index (χ0n) is 8.34.